The maximum absolute atomic E-state index is 13.3. The Hall–Kier alpha value is -3.69. The van der Waals surface area contributed by atoms with Crippen molar-refractivity contribution >= 4 is 57.1 Å². The first-order valence-electron chi connectivity index (χ1n) is 11.2. The zero-order valence-electron chi connectivity index (χ0n) is 19.8. The lowest BCUT2D eigenvalue weighted by Gasteiger charge is -2.27. The number of rotatable bonds is 7. The van der Waals surface area contributed by atoms with Gasteiger partial charge in [0.25, 0.3) is 11.8 Å². The molecule has 37 heavy (non-hydrogen) atoms. The van der Waals surface area contributed by atoms with Gasteiger partial charge < -0.3 is 9.47 Å². The van der Waals surface area contributed by atoms with E-state index in [4.69, 9.17) is 21.1 Å². The number of imide groups is 2. The molecule has 3 aromatic carbocycles. The van der Waals surface area contributed by atoms with E-state index in [2.05, 4.69) is 21.2 Å². The van der Waals surface area contributed by atoms with Crippen LogP contribution in [-0.4, -0.2) is 24.5 Å². The summed E-state index contributed by atoms with van der Waals surface area (Å²) in [6, 6.07) is 13.2. The Morgan fingerprint density at radius 1 is 1.05 bits per heavy atom. The minimum absolute atomic E-state index is 0.116. The molecule has 0 aliphatic carbocycles. The SMILES string of the molecule is CCOc1cc(/C=C2/C(=O)NC(=O)N(c3ccc(Br)cc3C)C2=O)cc(Cl)c1OCc1ccc(F)cc1. The molecule has 0 aromatic heterocycles. The molecule has 0 saturated carbocycles. The lowest BCUT2D eigenvalue weighted by atomic mass is 10.1. The predicted molar refractivity (Wildman–Crippen MR) is 141 cm³/mol. The van der Waals surface area contributed by atoms with Crippen LogP contribution in [0.1, 0.15) is 23.6 Å². The molecular weight excluding hydrogens is 567 g/mol. The first-order chi connectivity index (χ1) is 17.7. The Bertz CT molecular complexity index is 1430. The normalized spacial score (nSPS) is 14.7. The summed E-state index contributed by atoms with van der Waals surface area (Å²) in [6.07, 6.45) is 1.34. The van der Waals surface area contributed by atoms with Crippen LogP contribution in [0, 0.1) is 12.7 Å². The van der Waals surface area contributed by atoms with Gasteiger partial charge in [0.2, 0.25) is 0 Å². The minimum atomic E-state index is -0.838. The van der Waals surface area contributed by atoms with Crippen molar-refractivity contribution in [1.29, 1.82) is 0 Å². The van der Waals surface area contributed by atoms with Crippen molar-refractivity contribution in [1.82, 2.24) is 5.32 Å². The molecule has 1 aliphatic heterocycles. The number of barbiturate groups is 1. The molecule has 10 heteroatoms. The van der Waals surface area contributed by atoms with Crippen molar-refractivity contribution in [2.24, 2.45) is 0 Å². The number of amides is 4. The number of halogens is 3. The van der Waals surface area contributed by atoms with Crippen LogP contribution < -0.4 is 19.7 Å². The van der Waals surface area contributed by atoms with Crippen molar-refractivity contribution in [3.63, 3.8) is 0 Å². The third-order valence-electron chi connectivity index (χ3n) is 5.44. The van der Waals surface area contributed by atoms with Gasteiger partial charge in [-0.2, -0.15) is 0 Å². The number of carbonyl (C=O) groups excluding carboxylic acids is 3. The van der Waals surface area contributed by atoms with Crippen LogP contribution in [0.15, 0.2) is 64.6 Å². The first-order valence-corrected chi connectivity index (χ1v) is 12.4. The summed E-state index contributed by atoms with van der Waals surface area (Å²) in [7, 11) is 0. The number of nitrogens with zero attached hydrogens (tertiary/aromatic N) is 1. The van der Waals surface area contributed by atoms with Gasteiger partial charge >= 0.3 is 6.03 Å². The number of urea groups is 1. The lowest BCUT2D eigenvalue weighted by Crippen LogP contribution is -2.54. The fourth-order valence-electron chi connectivity index (χ4n) is 3.72. The zero-order chi connectivity index (χ0) is 26.7. The first kappa shape index (κ1) is 26.4. The average Bonchev–Trinajstić information content (AvgIpc) is 2.84. The molecule has 4 amide bonds. The van der Waals surface area contributed by atoms with Crippen LogP contribution in [0.5, 0.6) is 11.5 Å². The highest BCUT2D eigenvalue weighted by Crippen LogP contribution is 2.38. The van der Waals surface area contributed by atoms with E-state index in [1.54, 1.807) is 50.2 Å². The number of ether oxygens (including phenoxy) is 2. The Labute approximate surface area is 225 Å². The van der Waals surface area contributed by atoms with Gasteiger partial charge in [-0.15, -0.1) is 0 Å². The molecule has 4 rings (SSSR count). The smallest absolute Gasteiger partial charge is 0.335 e. The van der Waals surface area contributed by atoms with Crippen LogP contribution in [0.3, 0.4) is 0 Å². The lowest BCUT2D eigenvalue weighted by molar-refractivity contribution is -0.122. The maximum Gasteiger partial charge on any atom is 0.335 e. The number of carbonyl (C=O) groups is 3. The number of nitrogens with one attached hydrogen (secondary N) is 1. The van der Waals surface area contributed by atoms with E-state index in [1.807, 2.05) is 0 Å². The summed E-state index contributed by atoms with van der Waals surface area (Å²) in [4.78, 5) is 39.4. The Kier molecular flexibility index (Phi) is 7.94. The minimum Gasteiger partial charge on any atom is -0.490 e. The van der Waals surface area contributed by atoms with E-state index in [0.717, 1.165) is 14.9 Å². The van der Waals surface area contributed by atoms with E-state index in [1.165, 1.54) is 24.3 Å². The Balaban J connectivity index is 1.67. The summed E-state index contributed by atoms with van der Waals surface area (Å²) in [5, 5.41) is 2.39. The molecule has 1 saturated heterocycles. The van der Waals surface area contributed by atoms with Crippen molar-refractivity contribution in [3.8, 4) is 11.5 Å². The number of benzene rings is 3. The fraction of sp³-hybridized carbons (Fsp3) is 0.148. The van der Waals surface area contributed by atoms with Gasteiger partial charge in [0.05, 0.1) is 17.3 Å². The van der Waals surface area contributed by atoms with Crippen LogP contribution >= 0.6 is 27.5 Å². The van der Waals surface area contributed by atoms with Crippen LogP contribution in [0.4, 0.5) is 14.9 Å². The standard InChI is InChI=1S/C27H21BrClFN2O5/c1-3-36-23-13-17(12-21(29)24(23)37-14-16-4-7-19(30)8-5-16)11-20-25(33)31-27(35)32(26(20)34)22-9-6-18(28)10-15(22)2/h4-13H,3,14H2,1-2H3,(H,31,33,35)/b20-11-. The summed E-state index contributed by atoms with van der Waals surface area (Å²) in [5.74, 6) is -1.40. The summed E-state index contributed by atoms with van der Waals surface area (Å²) in [5.41, 5.74) is 1.88. The van der Waals surface area contributed by atoms with E-state index in [9.17, 15) is 18.8 Å². The van der Waals surface area contributed by atoms with Gasteiger partial charge in [0, 0.05) is 4.47 Å². The highest BCUT2D eigenvalue weighted by molar-refractivity contribution is 9.10. The fourth-order valence-corrected chi connectivity index (χ4v) is 4.47. The molecule has 0 atom stereocenters. The van der Waals surface area contributed by atoms with Gasteiger partial charge in [0.15, 0.2) is 11.5 Å². The van der Waals surface area contributed by atoms with E-state index >= 15 is 0 Å². The second-order valence-corrected chi connectivity index (χ2v) is 9.39. The van der Waals surface area contributed by atoms with Crippen molar-refractivity contribution in [3.05, 3.63) is 92.2 Å². The molecule has 0 unspecified atom stereocenters. The monoisotopic (exact) mass is 586 g/mol. The van der Waals surface area contributed by atoms with Crippen molar-refractivity contribution in [2.75, 3.05) is 11.5 Å². The number of anilines is 1. The molecule has 1 N–H and O–H groups in total. The number of hydrogen-bond acceptors (Lipinski definition) is 5. The topological polar surface area (TPSA) is 84.9 Å². The van der Waals surface area contributed by atoms with E-state index < -0.39 is 17.8 Å². The van der Waals surface area contributed by atoms with Crippen LogP contribution in [0.2, 0.25) is 5.02 Å². The Morgan fingerprint density at radius 3 is 2.46 bits per heavy atom. The maximum atomic E-state index is 13.3. The Morgan fingerprint density at radius 2 is 1.78 bits per heavy atom. The van der Waals surface area contributed by atoms with Crippen molar-refractivity contribution < 1.29 is 28.2 Å². The predicted octanol–water partition coefficient (Wildman–Crippen LogP) is 6.19. The molecule has 0 spiro atoms. The molecule has 1 heterocycles. The second kappa shape index (κ2) is 11.1. The van der Waals surface area contributed by atoms with Crippen LogP contribution in [-0.2, 0) is 16.2 Å². The molecule has 1 aliphatic rings. The van der Waals surface area contributed by atoms with Crippen molar-refractivity contribution in [2.45, 2.75) is 20.5 Å². The average molecular weight is 588 g/mol. The summed E-state index contributed by atoms with van der Waals surface area (Å²) < 4.78 is 25.5. The van der Waals surface area contributed by atoms with E-state index in [0.29, 0.717) is 29.2 Å². The van der Waals surface area contributed by atoms with Gasteiger partial charge in [0.1, 0.15) is 18.0 Å². The number of aryl methyl sites for hydroxylation is 1. The molecule has 7 nitrogen and oxygen atoms in total. The van der Waals surface area contributed by atoms with Gasteiger partial charge in [-0.25, -0.2) is 14.1 Å². The molecule has 3 aromatic rings. The highest BCUT2D eigenvalue weighted by Gasteiger charge is 2.37. The molecule has 0 radical (unpaired) electrons. The van der Waals surface area contributed by atoms with E-state index in [-0.39, 0.29) is 28.8 Å². The zero-order valence-corrected chi connectivity index (χ0v) is 22.2. The third-order valence-corrected chi connectivity index (χ3v) is 6.21. The largest absolute Gasteiger partial charge is 0.490 e. The van der Waals surface area contributed by atoms with Gasteiger partial charge in [-0.05, 0) is 79.1 Å². The molecule has 190 valence electrons. The quantitative estimate of drug-likeness (QED) is 0.263. The van der Waals surface area contributed by atoms with Gasteiger partial charge in [-0.3, -0.25) is 14.9 Å². The van der Waals surface area contributed by atoms with Gasteiger partial charge in [-0.1, -0.05) is 39.7 Å². The molecule has 1 fully saturated rings. The second-order valence-electron chi connectivity index (χ2n) is 8.07. The number of hydrogen-bond donors (Lipinski definition) is 1. The molecular formula is C27H21BrClFN2O5. The van der Waals surface area contributed by atoms with Crippen LogP contribution in [0.25, 0.3) is 6.08 Å². The summed E-state index contributed by atoms with van der Waals surface area (Å²) in [6.45, 7) is 3.95. The third kappa shape index (κ3) is 5.84. The highest BCUT2D eigenvalue weighted by atomic mass is 79.9. The summed E-state index contributed by atoms with van der Waals surface area (Å²) >= 11 is 9.84. The molecule has 0 bridgehead atoms.